The third-order valence-corrected chi connectivity index (χ3v) is 4.58. The van der Waals surface area contributed by atoms with E-state index in [-0.39, 0.29) is 42.9 Å². The first kappa shape index (κ1) is 19.1. The molecule has 0 atom stereocenters. The van der Waals surface area contributed by atoms with Gasteiger partial charge in [-0.25, -0.2) is 4.39 Å². The Kier molecular flexibility index (Phi) is 5.91. The molecule has 0 aliphatic heterocycles. The molecule has 140 valence electrons. The average Bonchev–Trinajstić information content (AvgIpc) is 2.95. The maximum Gasteiger partial charge on any atom is 0.287 e. The van der Waals surface area contributed by atoms with Crippen molar-refractivity contribution in [1.82, 2.24) is 10.6 Å². The van der Waals surface area contributed by atoms with Crippen LogP contribution in [0.5, 0.6) is 0 Å². The summed E-state index contributed by atoms with van der Waals surface area (Å²) in [6.45, 7) is 2.35. The van der Waals surface area contributed by atoms with Gasteiger partial charge in [0.05, 0.1) is 6.42 Å². The highest BCUT2D eigenvalue weighted by atomic mass is 79.9. The second kappa shape index (κ2) is 8.35. The van der Waals surface area contributed by atoms with E-state index in [1.807, 2.05) is 19.1 Å². The first-order valence-corrected chi connectivity index (χ1v) is 9.21. The van der Waals surface area contributed by atoms with Crippen LogP contribution in [0.2, 0.25) is 0 Å². The standard InChI is InChI=1S/C20H18BrFN2O3/c1-12-16-11-14(21)5-6-17(16)27-19(12)20(26)24-8-7-23-18(25)10-13-3-2-4-15(22)9-13/h2-6,9,11H,7-8,10H2,1H3,(H,23,25)(H,24,26). The zero-order valence-electron chi connectivity index (χ0n) is 14.6. The Morgan fingerprint density at radius 1 is 1.11 bits per heavy atom. The number of nitrogens with one attached hydrogen (secondary N) is 2. The maximum atomic E-state index is 13.1. The molecule has 2 N–H and O–H groups in total. The first-order valence-electron chi connectivity index (χ1n) is 8.42. The highest BCUT2D eigenvalue weighted by Gasteiger charge is 2.17. The predicted molar refractivity (Wildman–Crippen MR) is 104 cm³/mol. The molecule has 3 aromatic rings. The van der Waals surface area contributed by atoms with Crippen molar-refractivity contribution in [2.45, 2.75) is 13.3 Å². The fourth-order valence-corrected chi connectivity index (χ4v) is 3.12. The van der Waals surface area contributed by atoms with Crippen LogP contribution in [-0.4, -0.2) is 24.9 Å². The number of carbonyl (C=O) groups is 2. The Morgan fingerprint density at radius 3 is 2.67 bits per heavy atom. The monoisotopic (exact) mass is 432 g/mol. The van der Waals surface area contributed by atoms with Crippen LogP contribution in [0, 0.1) is 12.7 Å². The third kappa shape index (κ3) is 4.74. The van der Waals surface area contributed by atoms with Gasteiger partial charge in [0.1, 0.15) is 11.4 Å². The molecule has 3 rings (SSSR count). The molecular weight excluding hydrogens is 415 g/mol. The number of amides is 2. The number of fused-ring (bicyclic) bond motifs is 1. The van der Waals surface area contributed by atoms with Crippen molar-refractivity contribution in [3.05, 3.63) is 69.6 Å². The van der Waals surface area contributed by atoms with E-state index in [0.29, 0.717) is 11.1 Å². The van der Waals surface area contributed by atoms with Crippen LogP contribution in [-0.2, 0) is 11.2 Å². The first-order chi connectivity index (χ1) is 12.9. The Balaban J connectivity index is 1.50. The highest BCUT2D eigenvalue weighted by molar-refractivity contribution is 9.10. The summed E-state index contributed by atoms with van der Waals surface area (Å²) in [5.74, 6) is -0.686. The largest absolute Gasteiger partial charge is 0.451 e. The lowest BCUT2D eigenvalue weighted by Gasteiger charge is -2.07. The van der Waals surface area contributed by atoms with Gasteiger partial charge in [-0.2, -0.15) is 0 Å². The molecule has 27 heavy (non-hydrogen) atoms. The predicted octanol–water partition coefficient (Wildman–Crippen LogP) is 3.73. The van der Waals surface area contributed by atoms with Gasteiger partial charge in [-0.3, -0.25) is 9.59 Å². The van der Waals surface area contributed by atoms with E-state index in [4.69, 9.17) is 4.42 Å². The molecule has 0 saturated carbocycles. The number of benzene rings is 2. The summed E-state index contributed by atoms with van der Waals surface area (Å²) in [5.41, 5.74) is 2.00. The fraction of sp³-hybridized carbons (Fsp3) is 0.200. The third-order valence-electron chi connectivity index (χ3n) is 4.09. The second-order valence-electron chi connectivity index (χ2n) is 6.11. The van der Waals surface area contributed by atoms with Crippen LogP contribution in [0.25, 0.3) is 11.0 Å². The second-order valence-corrected chi connectivity index (χ2v) is 7.02. The molecule has 0 fully saturated rings. The number of halogens is 2. The van der Waals surface area contributed by atoms with Crippen LogP contribution < -0.4 is 10.6 Å². The van der Waals surface area contributed by atoms with Crippen LogP contribution in [0.3, 0.4) is 0 Å². The lowest BCUT2D eigenvalue weighted by molar-refractivity contribution is -0.120. The molecule has 5 nitrogen and oxygen atoms in total. The molecule has 0 aliphatic rings. The fourth-order valence-electron chi connectivity index (χ4n) is 2.76. The smallest absolute Gasteiger partial charge is 0.287 e. The van der Waals surface area contributed by atoms with Gasteiger partial charge in [-0.1, -0.05) is 28.1 Å². The Bertz CT molecular complexity index is 1000. The van der Waals surface area contributed by atoms with Gasteiger partial charge in [-0.15, -0.1) is 0 Å². The minimum Gasteiger partial charge on any atom is -0.451 e. The molecule has 7 heteroatoms. The number of furan rings is 1. The van der Waals surface area contributed by atoms with Crippen molar-refractivity contribution in [3.63, 3.8) is 0 Å². The summed E-state index contributed by atoms with van der Waals surface area (Å²) in [6.07, 6.45) is 0.0866. The van der Waals surface area contributed by atoms with Gasteiger partial charge in [0.2, 0.25) is 5.91 Å². The van der Waals surface area contributed by atoms with Crippen molar-refractivity contribution in [1.29, 1.82) is 0 Å². The lowest BCUT2D eigenvalue weighted by atomic mass is 10.1. The van der Waals surface area contributed by atoms with Crippen LogP contribution >= 0.6 is 15.9 Å². The molecule has 0 bridgehead atoms. The minimum absolute atomic E-state index is 0.0866. The number of rotatable bonds is 6. The summed E-state index contributed by atoms with van der Waals surface area (Å²) in [5, 5.41) is 6.29. The Hall–Kier alpha value is -2.67. The van der Waals surface area contributed by atoms with E-state index in [0.717, 1.165) is 15.4 Å². The normalized spacial score (nSPS) is 10.8. The van der Waals surface area contributed by atoms with E-state index < -0.39 is 0 Å². The van der Waals surface area contributed by atoms with Gasteiger partial charge in [0.15, 0.2) is 5.76 Å². The zero-order chi connectivity index (χ0) is 19.4. The van der Waals surface area contributed by atoms with Crippen molar-refractivity contribution in [2.24, 2.45) is 0 Å². The molecule has 0 aliphatic carbocycles. The van der Waals surface area contributed by atoms with E-state index in [1.165, 1.54) is 12.1 Å². The van der Waals surface area contributed by atoms with Crippen LogP contribution in [0.15, 0.2) is 51.4 Å². The number of hydrogen-bond donors (Lipinski definition) is 2. The molecule has 2 aromatic carbocycles. The van der Waals surface area contributed by atoms with Crippen LogP contribution in [0.4, 0.5) is 4.39 Å². The van der Waals surface area contributed by atoms with Crippen molar-refractivity contribution >= 4 is 38.7 Å². The van der Waals surface area contributed by atoms with Gasteiger partial charge in [-0.05, 0) is 42.8 Å². The van der Waals surface area contributed by atoms with Gasteiger partial charge in [0.25, 0.3) is 5.91 Å². The summed E-state index contributed by atoms with van der Waals surface area (Å²) >= 11 is 3.40. The SMILES string of the molecule is Cc1c(C(=O)NCCNC(=O)Cc2cccc(F)c2)oc2ccc(Br)cc12. The molecule has 1 aromatic heterocycles. The van der Waals surface area contributed by atoms with Crippen molar-refractivity contribution in [3.8, 4) is 0 Å². The molecule has 0 unspecified atom stereocenters. The lowest BCUT2D eigenvalue weighted by Crippen LogP contribution is -2.35. The Labute approximate surface area is 164 Å². The summed E-state index contributed by atoms with van der Waals surface area (Å²) in [4.78, 5) is 24.2. The van der Waals surface area contributed by atoms with Gasteiger partial charge >= 0.3 is 0 Å². The Morgan fingerprint density at radius 2 is 1.89 bits per heavy atom. The van der Waals surface area contributed by atoms with E-state index in [9.17, 15) is 14.0 Å². The van der Waals surface area contributed by atoms with E-state index in [2.05, 4.69) is 26.6 Å². The zero-order valence-corrected chi connectivity index (χ0v) is 16.2. The molecule has 0 radical (unpaired) electrons. The number of carbonyl (C=O) groups excluding carboxylic acids is 2. The number of aryl methyl sites for hydroxylation is 1. The molecular formula is C20H18BrFN2O3. The van der Waals surface area contributed by atoms with Crippen LogP contribution in [0.1, 0.15) is 21.7 Å². The summed E-state index contributed by atoms with van der Waals surface area (Å²) in [6, 6.07) is 11.5. The topological polar surface area (TPSA) is 71.3 Å². The molecule has 2 amide bonds. The highest BCUT2D eigenvalue weighted by Crippen LogP contribution is 2.27. The van der Waals surface area contributed by atoms with E-state index in [1.54, 1.807) is 18.2 Å². The van der Waals surface area contributed by atoms with Crippen molar-refractivity contribution in [2.75, 3.05) is 13.1 Å². The van der Waals surface area contributed by atoms with E-state index >= 15 is 0 Å². The summed E-state index contributed by atoms with van der Waals surface area (Å²) in [7, 11) is 0. The van der Waals surface area contributed by atoms with Gasteiger partial charge in [0, 0.05) is 28.5 Å². The quantitative estimate of drug-likeness (QED) is 0.582. The molecule has 1 heterocycles. The number of hydrogen-bond acceptors (Lipinski definition) is 3. The molecule has 0 saturated heterocycles. The molecule has 0 spiro atoms. The van der Waals surface area contributed by atoms with Gasteiger partial charge < -0.3 is 15.1 Å². The minimum atomic E-state index is -0.374. The average molecular weight is 433 g/mol. The maximum absolute atomic E-state index is 13.1. The summed E-state index contributed by atoms with van der Waals surface area (Å²) < 4.78 is 19.7. The van der Waals surface area contributed by atoms with Crippen molar-refractivity contribution < 1.29 is 18.4 Å².